The van der Waals surface area contributed by atoms with E-state index in [-0.39, 0.29) is 5.91 Å². The molecule has 3 aromatic carbocycles. The third-order valence-electron chi connectivity index (χ3n) is 7.13. The summed E-state index contributed by atoms with van der Waals surface area (Å²) in [7, 11) is 2.09. The highest BCUT2D eigenvalue weighted by atomic mass is 16.2. The first-order valence-electron chi connectivity index (χ1n) is 13.2. The van der Waals surface area contributed by atoms with Crippen LogP contribution in [0.2, 0.25) is 0 Å². The van der Waals surface area contributed by atoms with Crippen LogP contribution in [0.1, 0.15) is 16.1 Å². The van der Waals surface area contributed by atoms with Crippen LogP contribution in [0.4, 0.5) is 5.82 Å². The molecule has 0 radical (unpaired) electrons. The van der Waals surface area contributed by atoms with Crippen molar-refractivity contribution >= 4 is 22.6 Å². The highest BCUT2D eigenvalue weighted by Gasteiger charge is 2.21. The molecule has 6 rings (SSSR count). The van der Waals surface area contributed by atoms with Gasteiger partial charge in [-0.05, 0) is 48.5 Å². The van der Waals surface area contributed by atoms with Gasteiger partial charge in [-0.2, -0.15) is 0 Å². The highest BCUT2D eigenvalue weighted by molar-refractivity contribution is 6.02. The summed E-state index contributed by atoms with van der Waals surface area (Å²) in [5.41, 5.74) is 5.37. The fraction of sp³-hybridized carbons (Fsp3) is 0.188. The van der Waals surface area contributed by atoms with Crippen molar-refractivity contribution in [3.05, 3.63) is 108 Å². The van der Waals surface area contributed by atoms with Crippen LogP contribution in [0.25, 0.3) is 33.4 Å². The van der Waals surface area contributed by atoms with Gasteiger partial charge in [-0.15, -0.1) is 0 Å². The van der Waals surface area contributed by atoms with E-state index in [9.17, 15) is 4.79 Å². The van der Waals surface area contributed by atoms with Crippen molar-refractivity contribution in [3.63, 3.8) is 0 Å². The van der Waals surface area contributed by atoms with Crippen molar-refractivity contribution in [1.29, 1.82) is 0 Å². The standard InChI is InChI=1S/C32H30N6O/c1-37-17-19-38(20-18-37)32(39)25-12-7-11-24(21-25)30-35-28-15-8-14-27(23-9-3-2-4-10-23)29(28)31(36-30)34-22-26-13-5-6-16-33-26/h2-16,21H,17-20,22H2,1H3,(H,34,35,36). The number of anilines is 1. The van der Waals surface area contributed by atoms with Gasteiger partial charge >= 0.3 is 0 Å². The minimum atomic E-state index is 0.0469. The predicted octanol–water partition coefficient (Wildman–Crippen LogP) is 5.36. The lowest BCUT2D eigenvalue weighted by molar-refractivity contribution is 0.0664. The van der Waals surface area contributed by atoms with Crippen molar-refractivity contribution in [1.82, 2.24) is 24.8 Å². The Morgan fingerprint density at radius 2 is 1.59 bits per heavy atom. The average molecular weight is 515 g/mol. The Kier molecular flexibility index (Phi) is 6.97. The summed E-state index contributed by atoms with van der Waals surface area (Å²) in [4.78, 5) is 31.9. The number of carbonyl (C=O) groups excluding carboxylic acids is 1. The fourth-order valence-corrected chi connectivity index (χ4v) is 4.96. The Balaban J connectivity index is 1.41. The number of benzene rings is 3. The molecule has 1 N–H and O–H groups in total. The second-order valence-corrected chi connectivity index (χ2v) is 9.81. The van der Waals surface area contributed by atoms with E-state index in [1.54, 1.807) is 6.20 Å². The van der Waals surface area contributed by atoms with Gasteiger partial charge in [-0.1, -0.05) is 60.7 Å². The van der Waals surface area contributed by atoms with Gasteiger partial charge in [0.05, 0.1) is 23.1 Å². The SMILES string of the molecule is CN1CCN(C(=O)c2cccc(-c3nc(NCc4ccccn4)c4c(-c5ccccc5)cccc4n3)c2)CC1. The molecule has 0 spiro atoms. The number of pyridine rings is 1. The molecule has 1 fully saturated rings. The Labute approximate surface area is 228 Å². The molecule has 0 saturated carbocycles. The minimum absolute atomic E-state index is 0.0469. The van der Waals surface area contributed by atoms with Crippen LogP contribution in [0.5, 0.6) is 0 Å². The van der Waals surface area contributed by atoms with Gasteiger partial charge in [0.1, 0.15) is 5.82 Å². The molecule has 1 aliphatic rings. The smallest absolute Gasteiger partial charge is 0.253 e. The number of rotatable bonds is 6. The molecule has 1 saturated heterocycles. The summed E-state index contributed by atoms with van der Waals surface area (Å²) in [6, 6.07) is 29.9. The lowest BCUT2D eigenvalue weighted by atomic mass is 10.0. The molecule has 0 atom stereocenters. The minimum Gasteiger partial charge on any atom is -0.364 e. The van der Waals surface area contributed by atoms with E-state index in [0.717, 1.165) is 65.3 Å². The number of carbonyl (C=O) groups is 1. The Morgan fingerprint density at radius 1 is 0.821 bits per heavy atom. The molecule has 194 valence electrons. The van der Waals surface area contributed by atoms with Crippen LogP contribution in [-0.2, 0) is 6.54 Å². The molecular weight excluding hydrogens is 484 g/mol. The van der Waals surface area contributed by atoms with Gasteiger partial charge in [0, 0.05) is 43.5 Å². The summed E-state index contributed by atoms with van der Waals surface area (Å²) in [5, 5.41) is 4.48. The van der Waals surface area contributed by atoms with Crippen LogP contribution >= 0.6 is 0 Å². The quantitative estimate of drug-likeness (QED) is 0.329. The maximum absolute atomic E-state index is 13.3. The maximum atomic E-state index is 13.3. The molecule has 0 bridgehead atoms. The first kappa shape index (κ1) is 24.7. The maximum Gasteiger partial charge on any atom is 0.253 e. The summed E-state index contributed by atoms with van der Waals surface area (Å²) < 4.78 is 0. The second-order valence-electron chi connectivity index (χ2n) is 9.81. The van der Waals surface area contributed by atoms with Crippen LogP contribution in [0.3, 0.4) is 0 Å². The molecule has 0 aliphatic carbocycles. The number of hydrogen-bond acceptors (Lipinski definition) is 6. The monoisotopic (exact) mass is 514 g/mol. The van der Waals surface area contributed by atoms with Crippen LogP contribution in [0, 0.1) is 0 Å². The van der Waals surface area contributed by atoms with E-state index in [4.69, 9.17) is 9.97 Å². The summed E-state index contributed by atoms with van der Waals surface area (Å²) in [6.45, 7) is 3.76. The summed E-state index contributed by atoms with van der Waals surface area (Å²) in [6.07, 6.45) is 1.79. The fourth-order valence-electron chi connectivity index (χ4n) is 4.96. The Hall–Kier alpha value is -4.62. The topological polar surface area (TPSA) is 74.2 Å². The first-order valence-corrected chi connectivity index (χ1v) is 13.2. The molecule has 7 nitrogen and oxygen atoms in total. The third-order valence-corrected chi connectivity index (χ3v) is 7.13. The van der Waals surface area contributed by atoms with Crippen molar-refractivity contribution in [2.45, 2.75) is 6.54 Å². The number of fused-ring (bicyclic) bond motifs is 1. The number of hydrogen-bond donors (Lipinski definition) is 1. The first-order chi connectivity index (χ1) is 19.2. The number of nitrogens with one attached hydrogen (secondary N) is 1. The molecule has 39 heavy (non-hydrogen) atoms. The zero-order valence-corrected chi connectivity index (χ0v) is 21.9. The van der Waals surface area contributed by atoms with Crippen molar-refractivity contribution < 1.29 is 4.79 Å². The zero-order chi connectivity index (χ0) is 26.6. The number of likely N-dealkylation sites (N-methyl/N-ethyl adjacent to an activating group) is 1. The lowest BCUT2D eigenvalue weighted by Crippen LogP contribution is -2.47. The Bertz CT molecular complexity index is 1600. The van der Waals surface area contributed by atoms with E-state index in [1.165, 1.54) is 0 Å². The number of amides is 1. The number of piperazine rings is 1. The van der Waals surface area contributed by atoms with E-state index in [1.807, 2.05) is 77.7 Å². The molecule has 7 heteroatoms. The van der Waals surface area contributed by atoms with Gasteiger partial charge in [-0.25, -0.2) is 9.97 Å². The molecule has 1 amide bonds. The van der Waals surface area contributed by atoms with Gasteiger partial charge in [0.25, 0.3) is 5.91 Å². The summed E-state index contributed by atoms with van der Waals surface area (Å²) in [5.74, 6) is 1.35. The molecule has 1 aliphatic heterocycles. The molecule has 0 unspecified atom stereocenters. The van der Waals surface area contributed by atoms with Crippen LogP contribution < -0.4 is 5.32 Å². The van der Waals surface area contributed by atoms with Crippen molar-refractivity contribution in [3.8, 4) is 22.5 Å². The van der Waals surface area contributed by atoms with Crippen LogP contribution in [0.15, 0.2) is 97.2 Å². The van der Waals surface area contributed by atoms with Gasteiger partial charge in [0.15, 0.2) is 5.82 Å². The largest absolute Gasteiger partial charge is 0.364 e. The van der Waals surface area contributed by atoms with Crippen LogP contribution in [-0.4, -0.2) is 63.9 Å². The van der Waals surface area contributed by atoms with E-state index >= 15 is 0 Å². The van der Waals surface area contributed by atoms with Gasteiger partial charge < -0.3 is 15.1 Å². The summed E-state index contributed by atoms with van der Waals surface area (Å²) >= 11 is 0. The normalized spacial score (nSPS) is 13.9. The molecule has 3 heterocycles. The zero-order valence-electron chi connectivity index (χ0n) is 21.9. The molecule has 5 aromatic rings. The number of nitrogens with zero attached hydrogens (tertiary/aromatic N) is 5. The second kappa shape index (κ2) is 11.0. The lowest BCUT2D eigenvalue weighted by Gasteiger charge is -2.32. The van der Waals surface area contributed by atoms with E-state index in [0.29, 0.717) is 17.9 Å². The molecular formula is C32H30N6O. The van der Waals surface area contributed by atoms with E-state index in [2.05, 4.69) is 40.4 Å². The molecule has 2 aromatic heterocycles. The average Bonchev–Trinajstić information content (AvgIpc) is 3.00. The Morgan fingerprint density at radius 3 is 2.38 bits per heavy atom. The highest BCUT2D eigenvalue weighted by Crippen LogP contribution is 2.34. The van der Waals surface area contributed by atoms with Crippen molar-refractivity contribution in [2.75, 3.05) is 38.5 Å². The van der Waals surface area contributed by atoms with Gasteiger partial charge in [-0.3, -0.25) is 9.78 Å². The third kappa shape index (κ3) is 5.35. The van der Waals surface area contributed by atoms with Gasteiger partial charge in [0.2, 0.25) is 0 Å². The van der Waals surface area contributed by atoms with Crippen molar-refractivity contribution in [2.24, 2.45) is 0 Å². The predicted molar refractivity (Wildman–Crippen MR) is 155 cm³/mol. The van der Waals surface area contributed by atoms with E-state index < -0.39 is 0 Å². The number of aromatic nitrogens is 3.